The highest BCUT2D eigenvalue weighted by Gasteiger charge is 2.31. The maximum atomic E-state index is 12.8. The van der Waals surface area contributed by atoms with Crippen molar-refractivity contribution in [1.29, 1.82) is 0 Å². The van der Waals surface area contributed by atoms with Gasteiger partial charge in [0.15, 0.2) is 0 Å². The zero-order chi connectivity index (χ0) is 21.9. The summed E-state index contributed by atoms with van der Waals surface area (Å²) in [5.41, 5.74) is 0.988. The third kappa shape index (κ3) is 4.63. The minimum Gasteiger partial charge on any atom is -0.449 e. The number of ether oxygens (including phenoxy) is 1. The molecule has 0 radical (unpaired) electrons. The Kier molecular flexibility index (Phi) is 6.13. The van der Waals surface area contributed by atoms with Gasteiger partial charge in [0.2, 0.25) is 5.91 Å². The van der Waals surface area contributed by atoms with Crippen molar-refractivity contribution < 1.29 is 19.1 Å². The van der Waals surface area contributed by atoms with Crippen LogP contribution in [0.4, 0.5) is 16.2 Å². The van der Waals surface area contributed by atoms with Crippen LogP contribution in [-0.4, -0.2) is 36.6 Å². The molecule has 2 aromatic rings. The Morgan fingerprint density at radius 3 is 2.67 bits per heavy atom. The van der Waals surface area contributed by atoms with Crippen LogP contribution in [0.2, 0.25) is 0 Å². The number of carbonyl (C=O) groups excluding carboxylic acids is 3. The molecule has 3 rings (SSSR count). The van der Waals surface area contributed by atoms with E-state index in [1.54, 1.807) is 49.1 Å². The first kappa shape index (κ1) is 21.4. The number of nitrogens with zero attached hydrogens (tertiary/aromatic N) is 1. The van der Waals surface area contributed by atoms with E-state index in [0.717, 1.165) is 17.7 Å². The molecule has 0 bridgehead atoms. The number of anilines is 2. The minimum absolute atomic E-state index is 0.364. The van der Waals surface area contributed by atoms with Crippen LogP contribution in [-0.2, 0) is 9.53 Å². The van der Waals surface area contributed by atoms with Crippen molar-refractivity contribution in [2.45, 2.75) is 32.7 Å². The minimum atomic E-state index is -1.15. The van der Waals surface area contributed by atoms with Crippen molar-refractivity contribution in [2.75, 3.05) is 23.4 Å². The van der Waals surface area contributed by atoms with Gasteiger partial charge in [0.1, 0.15) is 5.54 Å². The molecule has 1 aromatic carbocycles. The normalized spacial score (nSPS) is 13.9. The summed E-state index contributed by atoms with van der Waals surface area (Å²) in [5, 5.41) is 5.56. The Morgan fingerprint density at radius 1 is 1.27 bits per heavy atom. The number of hydrogen-bond donors (Lipinski definition) is 2. The second-order valence-corrected chi connectivity index (χ2v) is 8.55. The van der Waals surface area contributed by atoms with Gasteiger partial charge < -0.3 is 15.4 Å². The van der Waals surface area contributed by atoms with Crippen molar-refractivity contribution in [3.05, 3.63) is 45.6 Å². The molecule has 3 amide bonds. The molecule has 1 aliphatic rings. The average Bonchev–Trinajstić information content (AvgIpc) is 3.18. The van der Waals surface area contributed by atoms with E-state index >= 15 is 0 Å². The van der Waals surface area contributed by atoms with Gasteiger partial charge in [0.05, 0.1) is 22.0 Å². The lowest BCUT2D eigenvalue weighted by atomic mass is 10.0. The molecule has 1 aliphatic heterocycles. The third-order valence-corrected chi connectivity index (χ3v) is 5.70. The first-order valence-corrected chi connectivity index (χ1v) is 10.3. The number of benzene rings is 1. The summed E-state index contributed by atoms with van der Waals surface area (Å²) in [5.74, 6) is 1.75. The molecular weight excluding hydrogens is 402 g/mol. The van der Waals surface area contributed by atoms with Crippen molar-refractivity contribution in [2.24, 2.45) is 0 Å². The Labute approximate surface area is 179 Å². The van der Waals surface area contributed by atoms with Crippen LogP contribution < -0.4 is 15.5 Å². The molecule has 0 atom stereocenters. The second kappa shape index (κ2) is 8.59. The molecule has 2 heterocycles. The van der Waals surface area contributed by atoms with Crippen molar-refractivity contribution in [1.82, 2.24) is 5.32 Å². The Hall–Kier alpha value is -3.31. The average molecular weight is 426 g/mol. The first-order chi connectivity index (χ1) is 14.2. The fraction of sp³-hybridized carbons (Fsp3) is 0.318. The summed E-state index contributed by atoms with van der Waals surface area (Å²) in [6.45, 7) is 6.13. The zero-order valence-electron chi connectivity index (χ0n) is 17.1. The Balaban J connectivity index is 1.68. The van der Waals surface area contributed by atoms with Gasteiger partial charge in [0, 0.05) is 12.2 Å². The summed E-state index contributed by atoms with van der Waals surface area (Å²) in [6, 6.07) is 8.60. The van der Waals surface area contributed by atoms with Crippen LogP contribution in [0.5, 0.6) is 0 Å². The van der Waals surface area contributed by atoms with E-state index in [-0.39, 0.29) is 17.9 Å². The summed E-state index contributed by atoms with van der Waals surface area (Å²) in [4.78, 5) is 39.9. The predicted octanol–water partition coefficient (Wildman–Crippen LogP) is 3.53. The number of nitrogens with one attached hydrogen (secondary N) is 2. The third-order valence-electron chi connectivity index (χ3n) is 4.68. The molecule has 0 unspecified atom stereocenters. The van der Waals surface area contributed by atoms with E-state index in [0.29, 0.717) is 28.6 Å². The summed E-state index contributed by atoms with van der Waals surface area (Å²) >= 11 is 1.19. The number of thiophene rings is 1. The van der Waals surface area contributed by atoms with E-state index in [1.807, 2.05) is 6.92 Å². The van der Waals surface area contributed by atoms with Gasteiger partial charge in [-0.05, 0) is 63.1 Å². The number of hydrogen-bond acceptors (Lipinski definition) is 5. The lowest BCUT2D eigenvalue weighted by Crippen LogP contribution is -2.52. The number of rotatable bonds is 5. The highest BCUT2D eigenvalue weighted by atomic mass is 32.1. The van der Waals surface area contributed by atoms with E-state index in [1.165, 1.54) is 11.3 Å². The highest BCUT2D eigenvalue weighted by Crippen LogP contribution is 2.26. The second-order valence-electron chi connectivity index (χ2n) is 7.46. The quantitative estimate of drug-likeness (QED) is 0.718. The van der Waals surface area contributed by atoms with E-state index in [2.05, 4.69) is 16.6 Å². The molecule has 1 fully saturated rings. The summed E-state index contributed by atoms with van der Waals surface area (Å²) in [7, 11) is 0. The lowest BCUT2D eigenvalue weighted by molar-refractivity contribution is -0.120. The fourth-order valence-corrected chi connectivity index (χ4v) is 3.74. The molecule has 30 heavy (non-hydrogen) atoms. The molecule has 7 nitrogen and oxygen atoms in total. The van der Waals surface area contributed by atoms with Crippen molar-refractivity contribution in [3.63, 3.8) is 0 Å². The maximum absolute atomic E-state index is 12.8. The van der Waals surface area contributed by atoms with Crippen LogP contribution in [0.1, 0.15) is 40.4 Å². The van der Waals surface area contributed by atoms with E-state index in [9.17, 15) is 14.4 Å². The number of amides is 3. The fourth-order valence-electron chi connectivity index (χ4n) is 3.03. The Bertz CT molecular complexity index is 1040. The number of carbonyl (C=O) groups is 3. The number of terminal acetylenes is 1. The molecule has 0 spiro atoms. The topological polar surface area (TPSA) is 87.7 Å². The standard InChI is InChI=1S/C22H23N3O4S/c1-5-16-8-10-18(30-16)19(26)24-22(3,4)20(27)23-15-7-9-17(14(2)13-15)25-11-6-12-29-21(25)28/h1,7-10,13H,6,11-12H2,2-4H3,(H,23,27)(H,24,26). The van der Waals surface area contributed by atoms with Crippen molar-refractivity contribution in [3.8, 4) is 12.3 Å². The highest BCUT2D eigenvalue weighted by molar-refractivity contribution is 7.14. The molecule has 2 N–H and O–H groups in total. The monoisotopic (exact) mass is 425 g/mol. The van der Waals surface area contributed by atoms with Crippen LogP contribution in [0, 0.1) is 19.3 Å². The molecule has 1 aromatic heterocycles. The zero-order valence-corrected chi connectivity index (χ0v) is 17.9. The van der Waals surface area contributed by atoms with Crippen LogP contribution in [0.25, 0.3) is 0 Å². The van der Waals surface area contributed by atoms with Gasteiger partial charge >= 0.3 is 6.09 Å². The molecule has 8 heteroatoms. The number of aryl methyl sites for hydroxylation is 1. The molecule has 1 saturated heterocycles. The van der Waals surface area contributed by atoms with Gasteiger partial charge in [-0.15, -0.1) is 17.8 Å². The number of cyclic esters (lactones) is 1. The molecule has 0 saturated carbocycles. The van der Waals surface area contributed by atoms with E-state index in [4.69, 9.17) is 11.2 Å². The summed E-state index contributed by atoms with van der Waals surface area (Å²) < 4.78 is 5.09. The first-order valence-electron chi connectivity index (χ1n) is 9.46. The summed E-state index contributed by atoms with van der Waals surface area (Å²) in [6.07, 6.45) is 5.74. The molecular formula is C22H23N3O4S. The van der Waals surface area contributed by atoms with Gasteiger partial charge in [-0.3, -0.25) is 14.5 Å². The van der Waals surface area contributed by atoms with Crippen LogP contribution in [0.3, 0.4) is 0 Å². The van der Waals surface area contributed by atoms with Gasteiger partial charge in [-0.1, -0.05) is 5.92 Å². The van der Waals surface area contributed by atoms with E-state index < -0.39 is 5.54 Å². The van der Waals surface area contributed by atoms with Crippen molar-refractivity contribution >= 4 is 40.6 Å². The molecule has 0 aliphatic carbocycles. The SMILES string of the molecule is C#Cc1ccc(C(=O)NC(C)(C)C(=O)Nc2ccc(N3CCCOC3=O)c(C)c2)s1. The smallest absolute Gasteiger partial charge is 0.414 e. The van der Waals surface area contributed by atoms with Crippen LogP contribution in [0.15, 0.2) is 30.3 Å². The van der Waals surface area contributed by atoms with Gasteiger partial charge in [-0.25, -0.2) is 4.79 Å². The predicted molar refractivity (Wildman–Crippen MR) is 117 cm³/mol. The maximum Gasteiger partial charge on any atom is 0.414 e. The van der Waals surface area contributed by atoms with Gasteiger partial charge in [-0.2, -0.15) is 0 Å². The lowest BCUT2D eigenvalue weighted by Gasteiger charge is -2.28. The molecule has 156 valence electrons. The van der Waals surface area contributed by atoms with Gasteiger partial charge in [0.25, 0.3) is 5.91 Å². The van der Waals surface area contributed by atoms with Crippen LogP contribution >= 0.6 is 11.3 Å². The largest absolute Gasteiger partial charge is 0.449 e. The Morgan fingerprint density at radius 2 is 2.03 bits per heavy atom.